The smallest absolute Gasteiger partial charge is 0.270 e. The summed E-state index contributed by atoms with van der Waals surface area (Å²) in [6.45, 7) is 0.761. The highest BCUT2D eigenvalue weighted by molar-refractivity contribution is 8.14. The molecule has 0 aliphatic carbocycles. The number of methoxy groups -OCH3 is 1. The number of rotatable bonds is 6. The molecule has 0 saturated heterocycles. The molecule has 0 amide bonds. The lowest BCUT2D eigenvalue weighted by molar-refractivity contribution is -0.384. The van der Waals surface area contributed by atoms with E-state index in [-0.39, 0.29) is 18.0 Å². The number of carbonyl (C=O) groups is 1. The number of ketones is 1. The number of nitrogens with zero attached hydrogens (tertiary/aromatic N) is 3. The van der Waals surface area contributed by atoms with Crippen LogP contribution in [0.15, 0.2) is 53.5 Å². The first-order valence-electron chi connectivity index (χ1n) is 7.95. The van der Waals surface area contributed by atoms with E-state index in [0.29, 0.717) is 12.1 Å². The molecule has 7 nitrogen and oxygen atoms in total. The minimum atomic E-state index is -0.505. The highest BCUT2D eigenvalue weighted by Crippen LogP contribution is 2.26. The van der Waals surface area contributed by atoms with E-state index in [1.807, 2.05) is 29.2 Å². The van der Waals surface area contributed by atoms with Gasteiger partial charge in [0.1, 0.15) is 5.75 Å². The zero-order chi connectivity index (χ0) is 18.5. The topological polar surface area (TPSA) is 85.0 Å². The van der Waals surface area contributed by atoms with Crippen LogP contribution in [0.25, 0.3) is 0 Å². The SMILES string of the molecule is COc1ccc(N(CC(=O)c2cccc([N+](=O)[O-])c2)C2=NCCS2)cc1. The molecule has 0 bridgehead atoms. The molecule has 0 N–H and O–H groups in total. The monoisotopic (exact) mass is 371 g/mol. The van der Waals surface area contributed by atoms with Gasteiger partial charge in [0.25, 0.3) is 5.69 Å². The van der Waals surface area contributed by atoms with Crippen molar-refractivity contribution in [2.24, 2.45) is 4.99 Å². The van der Waals surface area contributed by atoms with Gasteiger partial charge in [-0.2, -0.15) is 0 Å². The van der Waals surface area contributed by atoms with E-state index >= 15 is 0 Å². The lowest BCUT2D eigenvalue weighted by Gasteiger charge is -2.23. The molecule has 3 rings (SSSR count). The Kier molecular flexibility index (Phi) is 5.52. The standard InChI is InChI=1S/C18H17N3O4S/c1-25-16-7-5-14(6-8-16)20(18-19-9-10-26-18)12-17(22)13-3-2-4-15(11-13)21(23)24/h2-8,11H,9-10,12H2,1H3. The van der Waals surface area contributed by atoms with Gasteiger partial charge >= 0.3 is 0 Å². The number of thioether (sulfide) groups is 1. The van der Waals surface area contributed by atoms with Crippen molar-refractivity contribution >= 4 is 34.1 Å². The van der Waals surface area contributed by atoms with Crippen LogP contribution in [0.5, 0.6) is 5.75 Å². The molecule has 0 spiro atoms. The summed E-state index contributed by atoms with van der Waals surface area (Å²) in [7, 11) is 1.59. The normalized spacial score (nSPS) is 13.2. The Bertz CT molecular complexity index is 852. The molecule has 2 aromatic rings. The Morgan fingerprint density at radius 2 is 2.08 bits per heavy atom. The van der Waals surface area contributed by atoms with Crippen molar-refractivity contribution in [1.29, 1.82) is 0 Å². The molecule has 0 atom stereocenters. The summed E-state index contributed by atoms with van der Waals surface area (Å²) < 4.78 is 5.18. The Hall–Kier alpha value is -2.87. The Morgan fingerprint density at radius 3 is 2.69 bits per heavy atom. The fourth-order valence-electron chi connectivity index (χ4n) is 2.55. The number of anilines is 1. The number of nitro groups is 1. The lowest BCUT2D eigenvalue weighted by Crippen LogP contribution is -2.33. The van der Waals surface area contributed by atoms with Gasteiger partial charge in [0.05, 0.1) is 25.1 Å². The first-order valence-corrected chi connectivity index (χ1v) is 8.93. The second kappa shape index (κ2) is 8.01. The highest BCUT2D eigenvalue weighted by atomic mass is 32.2. The zero-order valence-electron chi connectivity index (χ0n) is 14.1. The van der Waals surface area contributed by atoms with Gasteiger partial charge in [-0.15, -0.1) is 0 Å². The van der Waals surface area contributed by atoms with Crippen LogP contribution in [0.2, 0.25) is 0 Å². The summed E-state index contributed by atoms with van der Waals surface area (Å²) in [5.74, 6) is 1.38. The second-order valence-corrected chi connectivity index (χ2v) is 6.59. The van der Waals surface area contributed by atoms with Gasteiger partial charge in [-0.1, -0.05) is 23.9 Å². The van der Waals surface area contributed by atoms with E-state index in [0.717, 1.165) is 22.4 Å². The molecule has 0 saturated carbocycles. The summed E-state index contributed by atoms with van der Waals surface area (Å²) >= 11 is 1.58. The molecule has 26 heavy (non-hydrogen) atoms. The van der Waals surface area contributed by atoms with E-state index in [1.54, 1.807) is 24.9 Å². The van der Waals surface area contributed by atoms with E-state index in [4.69, 9.17) is 4.74 Å². The lowest BCUT2D eigenvalue weighted by atomic mass is 10.1. The minimum Gasteiger partial charge on any atom is -0.497 e. The summed E-state index contributed by atoms with van der Waals surface area (Å²) in [4.78, 5) is 29.5. The Balaban J connectivity index is 1.86. The number of carbonyl (C=O) groups excluding carboxylic acids is 1. The van der Waals surface area contributed by atoms with E-state index in [9.17, 15) is 14.9 Å². The number of aliphatic imine (C=N–C) groups is 1. The number of nitro benzene ring substituents is 1. The van der Waals surface area contributed by atoms with Gasteiger partial charge in [0.2, 0.25) is 0 Å². The molecule has 1 aliphatic rings. The Labute approximate surface area is 154 Å². The molecular formula is C18H17N3O4S. The molecule has 1 heterocycles. The number of amidine groups is 1. The first-order chi connectivity index (χ1) is 12.6. The predicted octanol–water partition coefficient (Wildman–Crippen LogP) is 3.40. The van der Waals surface area contributed by atoms with Crippen LogP contribution in [0.4, 0.5) is 11.4 Å². The first kappa shape index (κ1) is 17.9. The van der Waals surface area contributed by atoms with Gasteiger partial charge in [-0.3, -0.25) is 19.9 Å². The third kappa shape index (κ3) is 4.02. The average molecular weight is 371 g/mol. The summed E-state index contributed by atoms with van der Waals surface area (Å²) in [6, 6.07) is 13.1. The molecule has 2 aromatic carbocycles. The molecule has 134 valence electrons. The van der Waals surface area contributed by atoms with Crippen LogP contribution < -0.4 is 9.64 Å². The summed E-state index contributed by atoms with van der Waals surface area (Å²) in [5, 5.41) is 11.7. The fraction of sp³-hybridized carbons (Fsp3) is 0.222. The van der Waals surface area contributed by atoms with Crippen LogP contribution in [0.1, 0.15) is 10.4 Å². The van der Waals surface area contributed by atoms with Crippen molar-refractivity contribution < 1.29 is 14.5 Å². The fourth-order valence-corrected chi connectivity index (χ4v) is 3.42. The summed E-state index contributed by atoms with van der Waals surface area (Å²) in [5.41, 5.74) is 1.03. The van der Waals surface area contributed by atoms with Gasteiger partial charge in [-0.05, 0) is 24.3 Å². The van der Waals surface area contributed by atoms with E-state index in [2.05, 4.69) is 4.99 Å². The van der Waals surface area contributed by atoms with Crippen LogP contribution in [0, 0.1) is 10.1 Å². The van der Waals surface area contributed by atoms with Crippen molar-refractivity contribution in [3.05, 3.63) is 64.2 Å². The number of hydrogen-bond donors (Lipinski definition) is 0. The van der Waals surface area contributed by atoms with Crippen LogP contribution in [0.3, 0.4) is 0 Å². The molecular weight excluding hydrogens is 354 g/mol. The number of hydrogen-bond acceptors (Lipinski definition) is 7. The van der Waals surface area contributed by atoms with Crippen molar-refractivity contribution in [2.45, 2.75) is 0 Å². The number of Topliss-reactive ketones (excluding diaryl/α,β-unsaturated/α-hetero) is 1. The van der Waals surface area contributed by atoms with Gasteiger partial charge in [-0.25, -0.2) is 0 Å². The van der Waals surface area contributed by atoms with Crippen molar-refractivity contribution in [1.82, 2.24) is 0 Å². The third-order valence-corrected chi connectivity index (χ3v) is 4.86. The zero-order valence-corrected chi connectivity index (χ0v) is 14.9. The highest BCUT2D eigenvalue weighted by Gasteiger charge is 2.22. The van der Waals surface area contributed by atoms with Crippen molar-refractivity contribution in [3.8, 4) is 5.75 Å². The van der Waals surface area contributed by atoms with Crippen LogP contribution >= 0.6 is 11.8 Å². The quantitative estimate of drug-likeness (QED) is 0.440. The van der Waals surface area contributed by atoms with Gasteiger partial charge in [0, 0.05) is 29.1 Å². The Morgan fingerprint density at radius 1 is 1.31 bits per heavy atom. The maximum atomic E-state index is 12.7. The van der Waals surface area contributed by atoms with Crippen LogP contribution in [-0.4, -0.2) is 41.8 Å². The van der Waals surface area contributed by atoms with Crippen molar-refractivity contribution in [2.75, 3.05) is 30.9 Å². The molecule has 1 aliphatic heterocycles. The number of ether oxygens (including phenoxy) is 1. The van der Waals surface area contributed by atoms with Crippen molar-refractivity contribution in [3.63, 3.8) is 0 Å². The number of benzene rings is 2. The summed E-state index contributed by atoms with van der Waals surface area (Å²) in [6.07, 6.45) is 0. The molecule has 8 heteroatoms. The van der Waals surface area contributed by atoms with Crippen LogP contribution in [-0.2, 0) is 0 Å². The second-order valence-electron chi connectivity index (χ2n) is 5.53. The predicted molar refractivity (Wildman–Crippen MR) is 103 cm³/mol. The molecule has 0 unspecified atom stereocenters. The van der Waals surface area contributed by atoms with E-state index < -0.39 is 4.92 Å². The maximum absolute atomic E-state index is 12.7. The molecule has 0 aromatic heterocycles. The average Bonchev–Trinajstić information content (AvgIpc) is 3.20. The largest absolute Gasteiger partial charge is 0.497 e. The minimum absolute atomic E-state index is 0.0549. The van der Waals surface area contributed by atoms with Gasteiger partial charge < -0.3 is 9.64 Å². The maximum Gasteiger partial charge on any atom is 0.270 e. The number of non-ortho nitro benzene ring substituents is 1. The molecule has 0 fully saturated rings. The third-order valence-electron chi connectivity index (χ3n) is 3.87. The molecule has 0 radical (unpaired) electrons. The van der Waals surface area contributed by atoms with Gasteiger partial charge in [0.15, 0.2) is 11.0 Å². The van der Waals surface area contributed by atoms with E-state index in [1.165, 1.54) is 18.2 Å².